The average Bonchev–Trinajstić information content (AvgIpc) is 2.40. The van der Waals surface area contributed by atoms with E-state index in [9.17, 15) is 17.6 Å². The summed E-state index contributed by atoms with van der Waals surface area (Å²) in [6.45, 7) is 1.24. The average molecular weight is 365 g/mol. The van der Waals surface area contributed by atoms with Crippen molar-refractivity contribution in [2.75, 3.05) is 32.4 Å². The van der Waals surface area contributed by atoms with E-state index in [4.69, 9.17) is 0 Å². The number of piperazine rings is 1. The molecule has 0 aliphatic carbocycles. The molecule has 110 valence electrons. The molecule has 1 fully saturated rings. The highest BCUT2D eigenvalue weighted by Crippen LogP contribution is 2.18. The van der Waals surface area contributed by atoms with Crippen LogP contribution in [0, 0.1) is 5.82 Å². The number of rotatable bonds is 2. The Bertz CT molecular complexity index is 628. The Morgan fingerprint density at radius 2 is 1.85 bits per heavy atom. The topological polar surface area (TPSA) is 57.7 Å². The van der Waals surface area contributed by atoms with Gasteiger partial charge < -0.3 is 4.90 Å². The molecule has 0 bridgehead atoms. The maximum absolute atomic E-state index is 13.1. The van der Waals surface area contributed by atoms with Gasteiger partial charge in [0.1, 0.15) is 5.82 Å². The Labute approximate surface area is 125 Å². The monoisotopic (exact) mass is 364 g/mol. The van der Waals surface area contributed by atoms with Crippen LogP contribution < -0.4 is 0 Å². The summed E-state index contributed by atoms with van der Waals surface area (Å²) < 4.78 is 37.5. The second-order valence-electron chi connectivity index (χ2n) is 4.58. The van der Waals surface area contributed by atoms with E-state index in [2.05, 4.69) is 15.9 Å². The van der Waals surface area contributed by atoms with Crippen molar-refractivity contribution >= 4 is 31.9 Å². The fourth-order valence-corrected chi connectivity index (χ4v) is 3.24. The first kappa shape index (κ1) is 15.4. The molecule has 8 heteroatoms. The molecule has 20 heavy (non-hydrogen) atoms. The summed E-state index contributed by atoms with van der Waals surface area (Å²) >= 11 is 3.04. The van der Waals surface area contributed by atoms with Gasteiger partial charge in [0.05, 0.1) is 10.7 Å². The van der Waals surface area contributed by atoms with Crippen LogP contribution in [-0.2, 0) is 10.0 Å². The van der Waals surface area contributed by atoms with E-state index < -0.39 is 15.8 Å². The van der Waals surface area contributed by atoms with Gasteiger partial charge in [0, 0.05) is 31.7 Å². The molecule has 2 rings (SSSR count). The largest absolute Gasteiger partial charge is 0.336 e. The number of carbonyl (C=O) groups excluding carboxylic acids is 1. The fourth-order valence-electron chi connectivity index (χ4n) is 2.03. The number of hydrogen-bond acceptors (Lipinski definition) is 3. The summed E-state index contributed by atoms with van der Waals surface area (Å²) in [5.41, 5.74) is 0.381. The lowest BCUT2D eigenvalue weighted by molar-refractivity contribution is 0.0698. The number of benzene rings is 1. The van der Waals surface area contributed by atoms with Crippen LogP contribution in [0.3, 0.4) is 0 Å². The first-order valence-corrected chi connectivity index (χ1v) is 8.62. The molecule has 0 aromatic heterocycles. The van der Waals surface area contributed by atoms with E-state index in [1.54, 1.807) is 4.90 Å². The molecule has 0 atom stereocenters. The first-order valence-electron chi connectivity index (χ1n) is 5.98. The number of sulfonamides is 1. The third-order valence-corrected chi connectivity index (χ3v) is 5.07. The normalized spacial score (nSPS) is 17.2. The van der Waals surface area contributed by atoms with E-state index >= 15 is 0 Å². The molecule has 1 aromatic carbocycles. The van der Waals surface area contributed by atoms with Gasteiger partial charge in [-0.05, 0) is 34.1 Å². The standard InChI is InChI=1S/C12H14BrFN2O3S/c1-20(18,19)16-6-4-15(5-7-16)12(17)9-2-3-11(14)10(13)8-9/h2-3,8H,4-7H2,1H3. The maximum Gasteiger partial charge on any atom is 0.253 e. The number of nitrogens with zero attached hydrogens (tertiary/aromatic N) is 2. The molecule has 1 heterocycles. The molecule has 1 aliphatic heterocycles. The number of hydrogen-bond donors (Lipinski definition) is 0. The quantitative estimate of drug-likeness (QED) is 0.794. The first-order chi connectivity index (χ1) is 9.29. The molecule has 0 N–H and O–H groups in total. The molecule has 0 spiro atoms. The van der Waals surface area contributed by atoms with Gasteiger partial charge in [-0.25, -0.2) is 12.8 Å². The third-order valence-electron chi connectivity index (χ3n) is 3.16. The lowest BCUT2D eigenvalue weighted by atomic mass is 10.2. The minimum absolute atomic E-state index is 0.223. The van der Waals surface area contributed by atoms with Crippen molar-refractivity contribution in [2.24, 2.45) is 0 Å². The maximum atomic E-state index is 13.1. The van der Waals surface area contributed by atoms with E-state index in [0.29, 0.717) is 18.7 Å². The molecule has 5 nitrogen and oxygen atoms in total. The summed E-state index contributed by atoms with van der Waals surface area (Å²) in [5.74, 6) is -0.651. The van der Waals surface area contributed by atoms with Crippen LogP contribution in [0.5, 0.6) is 0 Å². The zero-order valence-corrected chi connectivity index (χ0v) is 13.2. The third kappa shape index (κ3) is 3.36. The van der Waals surface area contributed by atoms with Crippen molar-refractivity contribution in [3.8, 4) is 0 Å². The Morgan fingerprint density at radius 1 is 1.25 bits per heavy atom. The van der Waals surface area contributed by atoms with Crippen molar-refractivity contribution in [1.82, 2.24) is 9.21 Å². The zero-order valence-electron chi connectivity index (χ0n) is 10.8. The van der Waals surface area contributed by atoms with E-state index in [-0.39, 0.29) is 23.5 Å². The highest BCUT2D eigenvalue weighted by Gasteiger charge is 2.26. The van der Waals surface area contributed by atoms with Crippen LogP contribution >= 0.6 is 15.9 Å². The van der Waals surface area contributed by atoms with Gasteiger partial charge in [-0.1, -0.05) is 0 Å². The van der Waals surface area contributed by atoms with Gasteiger partial charge in [-0.2, -0.15) is 4.31 Å². The second kappa shape index (κ2) is 5.79. The number of halogens is 2. The van der Waals surface area contributed by atoms with Crippen LogP contribution in [-0.4, -0.2) is 56.0 Å². The smallest absolute Gasteiger partial charge is 0.253 e. The summed E-state index contributed by atoms with van der Waals surface area (Å²) in [7, 11) is -3.21. The van der Waals surface area contributed by atoms with Gasteiger partial charge in [-0.15, -0.1) is 0 Å². The Morgan fingerprint density at radius 3 is 2.35 bits per heavy atom. The zero-order chi connectivity index (χ0) is 14.9. The van der Waals surface area contributed by atoms with Gasteiger partial charge in [-0.3, -0.25) is 4.79 Å². The van der Waals surface area contributed by atoms with Gasteiger partial charge in [0.2, 0.25) is 10.0 Å². The molecule has 0 radical (unpaired) electrons. The second-order valence-corrected chi connectivity index (χ2v) is 7.42. The lowest BCUT2D eigenvalue weighted by Crippen LogP contribution is -2.50. The van der Waals surface area contributed by atoms with E-state index in [0.717, 1.165) is 6.26 Å². The minimum atomic E-state index is -3.21. The SMILES string of the molecule is CS(=O)(=O)N1CCN(C(=O)c2ccc(F)c(Br)c2)CC1. The Hall–Kier alpha value is -0.990. The van der Waals surface area contributed by atoms with Crippen LogP contribution in [0.1, 0.15) is 10.4 Å². The minimum Gasteiger partial charge on any atom is -0.336 e. The van der Waals surface area contributed by atoms with Crippen molar-refractivity contribution in [3.63, 3.8) is 0 Å². The molecular formula is C12H14BrFN2O3S. The molecule has 0 unspecified atom stereocenters. The van der Waals surface area contributed by atoms with Crippen LogP contribution in [0.15, 0.2) is 22.7 Å². The molecule has 1 saturated heterocycles. The van der Waals surface area contributed by atoms with Crippen molar-refractivity contribution in [1.29, 1.82) is 0 Å². The molecule has 1 amide bonds. The molecule has 0 saturated carbocycles. The van der Waals surface area contributed by atoms with Crippen molar-refractivity contribution in [3.05, 3.63) is 34.1 Å². The Balaban J connectivity index is 2.07. The highest BCUT2D eigenvalue weighted by atomic mass is 79.9. The summed E-state index contributed by atoms with van der Waals surface area (Å²) in [4.78, 5) is 13.8. The summed E-state index contributed by atoms with van der Waals surface area (Å²) in [6.07, 6.45) is 1.15. The molecule has 1 aliphatic rings. The van der Waals surface area contributed by atoms with Crippen LogP contribution in [0.25, 0.3) is 0 Å². The number of carbonyl (C=O) groups is 1. The van der Waals surface area contributed by atoms with Crippen LogP contribution in [0.2, 0.25) is 0 Å². The predicted octanol–water partition coefficient (Wildman–Crippen LogP) is 1.31. The number of amides is 1. The van der Waals surface area contributed by atoms with Crippen LogP contribution in [0.4, 0.5) is 4.39 Å². The van der Waals surface area contributed by atoms with E-state index in [1.807, 2.05) is 0 Å². The fraction of sp³-hybridized carbons (Fsp3) is 0.417. The highest BCUT2D eigenvalue weighted by molar-refractivity contribution is 9.10. The molecular weight excluding hydrogens is 351 g/mol. The van der Waals surface area contributed by atoms with E-state index in [1.165, 1.54) is 22.5 Å². The Kier molecular flexibility index (Phi) is 4.46. The van der Waals surface area contributed by atoms with Gasteiger partial charge in [0.25, 0.3) is 5.91 Å². The summed E-state index contributed by atoms with van der Waals surface area (Å²) in [6, 6.07) is 4.08. The molecule has 1 aromatic rings. The van der Waals surface area contributed by atoms with Gasteiger partial charge in [0.15, 0.2) is 0 Å². The lowest BCUT2D eigenvalue weighted by Gasteiger charge is -2.33. The van der Waals surface area contributed by atoms with Gasteiger partial charge >= 0.3 is 0 Å². The summed E-state index contributed by atoms with van der Waals surface area (Å²) in [5, 5.41) is 0. The predicted molar refractivity (Wildman–Crippen MR) is 76.4 cm³/mol. The van der Waals surface area contributed by atoms with Crippen molar-refractivity contribution in [2.45, 2.75) is 0 Å². The van der Waals surface area contributed by atoms with Crippen molar-refractivity contribution < 1.29 is 17.6 Å².